The molecule has 0 N–H and O–H groups in total. The Morgan fingerprint density at radius 3 is 2.31 bits per heavy atom. The number of benzene rings is 2. The molecule has 1 fully saturated rings. The Bertz CT molecular complexity index is 895. The molecule has 138 valence electrons. The number of piperazine rings is 1. The number of nitrogens with zero attached hydrogens (tertiary/aromatic N) is 2. The van der Waals surface area contributed by atoms with Crippen molar-refractivity contribution in [2.75, 3.05) is 33.3 Å². The van der Waals surface area contributed by atoms with Crippen LogP contribution >= 0.6 is 11.6 Å². The first kappa shape index (κ1) is 18.7. The van der Waals surface area contributed by atoms with Crippen LogP contribution in [0.3, 0.4) is 0 Å². The van der Waals surface area contributed by atoms with E-state index >= 15 is 0 Å². The molecule has 0 aromatic heterocycles. The summed E-state index contributed by atoms with van der Waals surface area (Å²) < 4.78 is 32.2. The Morgan fingerprint density at radius 1 is 1.04 bits per heavy atom. The molecular weight excluding hydrogens is 376 g/mol. The van der Waals surface area contributed by atoms with Crippen LogP contribution in [0.4, 0.5) is 0 Å². The minimum Gasteiger partial charge on any atom is -0.495 e. The molecule has 1 aliphatic heterocycles. The van der Waals surface area contributed by atoms with Crippen molar-refractivity contribution in [3.05, 3.63) is 59.1 Å². The minimum absolute atomic E-state index is 0.0872. The topological polar surface area (TPSA) is 66.9 Å². The van der Waals surface area contributed by atoms with E-state index in [0.717, 1.165) is 0 Å². The van der Waals surface area contributed by atoms with E-state index in [-0.39, 0.29) is 23.9 Å². The number of hydrogen-bond acceptors (Lipinski definition) is 4. The second-order valence-corrected chi connectivity index (χ2v) is 8.20. The van der Waals surface area contributed by atoms with Crippen molar-refractivity contribution in [1.82, 2.24) is 9.21 Å². The normalized spacial score (nSPS) is 15.7. The Kier molecular flexibility index (Phi) is 5.50. The first-order valence-corrected chi connectivity index (χ1v) is 9.93. The number of rotatable bonds is 4. The second kappa shape index (κ2) is 7.65. The maximum atomic E-state index is 12.8. The molecule has 1 amide bonds. The van der Waals surface area contributed by atoms with E-state index in [4.69, 9.17) is 16.3 Å². The molecule has 0 bridgehead atoms. The molecule has 8 heteroatoms. The van der Waals surface area contributed by atoms with Gasteiger partial charge in [0.1, 0.15) is 5.75 Å². The molecule has 0 aliphatic carbocycles. The molecule has 0 spiro atoms. The van der Waals surface area contributed by atoms with Gasteiger partial charge in [0.05, 0.1) is 17.0 Å². The zero-order valence-corrected chi connectivity index (χ0v) is 15.8. The van der Waals surface area contributed by atoms with E-state index in [1.54, 1.807) is 17.0 Å². The first-order valence-electron chi connectivity index (χ1n) is 8.11. The number of hydrogen-bond donors (Lipinski definition) is 0. The Morgan fingerprint density at radius 2 is 1.69 bits per heavy atom. The van der Waals surface area contributed by atoms with Gasteiger partial charge in [0.25, 0.3) is 5.91 Å². The highest BCUT2D eigenvalue weighted by Gasteiger charge is 2.30. The van der Waals surface area contributed by atoms with Crippen molar-refractivity contribution in [3.8, 4) is 5.75 Å². The summed E-state index contributed by atoms with van der Waals surface area (Å²) in [6.45, 7) is 1.17. The van der Waals surface area contributed by atoms with Crippen LogP contribution in [-0.4, -0.2) is 56.8 Å². The predicted molar refractivity (Wildman–Crippen MR) is 99.1 cm³/mol. The molecule has 1 saturated heterocycles. The summed E-state index contributed by atoms with van der Waals surface area (Å²) in [4.78, 5) is 14.3. The van der Waals surface area contributed by atoms with Crippen molar-refractivity contribution >= 4 is 27.5 Å². The smallest absolute Gasteiger partial charge is 0.253 e. The van der Waals surface area contributed by atoms with Crippen LogP contribution < -0.4 is 4.74 Å². The highest BCUT2D eigenvalue weighted by molar-refractivity contribution is 7.89. The summed E-state index contributed by atoms with van der Waals surface area (Å²) >= 11 is 5.97. The number of carbonyl (C=O) groups is 1. The highest BCUT2D eigenvalue weighted by atomic mass is 35.5. The third-order valence-corrected chi connectivity index (χ3v) is 6.51. The number of amides is 1. The molecule has 0 saturated carbocycles. The van der Waals surface area contributed by atoms with Gasteiger partial charge in [-0.05, 0) is 24.3 Å². The van der Waals surface area contributed by atoms with E-state index in [9.17, 15) is 13.2 Å². The van der Waals surface area contributed by atoms with Gasteiger partial charge in [-0.1, -0.05) is 29.8 Å². The van der Waals surface area contributed by atoms with E-state index in [1.165, 1.54) is 29.6 Å². The van der Waals surface area contributed by atoms with Crippen molar-refractivity contribution in [2.24, 2.45) is 0 Å². The molecule has 1 heterocycles. The van der Waals surface area contributed by atoms with Crippen LogP contribution in [0.2, 0.25) is 5.02 Å². The zero-order chi connectivity index (χ0) is 18.7. The standard InChI is InChI=1S/C18H19ClN2O4S/c1-25-17-13-15(7-8-16(17)19)26(23,24)21-11-9-20(10-12-21)18(22)14-5-3-2-4-6-14/h2-8,13H,9-12H2,1H3. The van der Waals surface area contributed by atoms with Gasteiger partial charge < -0.3 is 9.64 Å². The number of ether oxygens (including phenoxy) is 1. The third kappa shape index (κ3) is 3.70. The zero-order valence-electron chi connectivity index (χ0n) is 14.3. The van der Waals surface area contributed by atoms with Crippen molar-refractivity contribution in [3.63, 3.8) is 0 Å². The molecule has 0 unspecified atom stereocenters. The lowest BCUT2D eigenvalue weighted by Gasteiger charge is -2.34. The molecule has 0 atom stereocenters. The maximum absolute atomic E-state index is 12.8. The van der Waals surface area contributed by atoms with Crippen LogP contribution in [0.1, 0.15) is 10.4 Å². The number of methoxy groups -OCH3 is 1. The average molecular weight is 395 g/mol. The van der Waals surface area contributed by atoms with Gasteiger partial charge in [0, 0.05) is 37.8 Å². The van der Waals surface area contributed by atoms with Crippen LogP contribution in [-0.2, 0) is 10.0 Å². The third-order valence-electron chi connectivity index (χ3n) is 4.31. The molecule has 0 radical (unpaired) electrons. The van der Waals surface area contributed by atoms with Gasteiger partial charge in [0.2, 0.25) is 10.0 Å². The Balaban J connectivity index is 1.72. The lowest BCUT2D eigenvalue weighted by molar-refractivity contribution is 0.0698. The SMILES string of the molecule is COc1cc(S(=O)(=O)N2CCN(C(=O)c3ccccc3)CC2)ccc1Cl. The molecule has 1 aliphatic rings. The van der Waals surface area contributed by atoms with Crippen LogP contribution in [0.5, 0.6) is 5.75 Å². The van der Waals surface area contributed by atoms with Gasteiger partial charge in [0.15, 0.2) is 0 Å². The van der Waals surface area contributed by atoms with Crippen LogP contribution in [0.25, 0.3) is 0 Å². The molecule has 2 aromatic carbocycles. The number of sulfonamides is 1. The quantitative estimate of drug-likeness (QED) is 0.799. The van der Waals surface area contributed by atoms with E-state index in [1.807, 2.05) is 18.2 Å². The van der Waals surface area contributed by atoms with Crippen molar-refractivity contribution in [1.29, 1.82) is 0 Å². The van der Waals surface area contributed by atoms with Gasteiger partial charge >= 0.3 is 0 Å². The van der Waals surface area contributed by atoms with Crippen molar-refractivity contribution in [2.45, 2.75) is 4.90 Å². The molecule has 6 nitrogen and oxygen atoms in total. The Hall–Kier alpha value is -2.09. The Labute approximate surface area is 158 Å². The summed E-state index contributed by atoms with van der Waals surface area (Å²) in [6, 6.07) is 13.4. The second-order valence-electron chi connectivity index (χ2n) is 5.86. The summed E-state index contributed by atoms with van der Waals surface area (Å²) in [6.07, 6.45) is 0. The first-order chi connectivity index (χ1) is 12.4. The van der Waals surface area contributed by atoms with Crippen molar-refractivity contribution < 1.29 is 17.9 Å². The van der Waals surface area contributed by atoms with Crippen LogP contribution in [0.15, 0.2) is 53.4 Å². The lowest BCUT2D eigenvalue weighted by Crippen LogP contribution is -2.50. The van der Waals surface area contributed by atoms with E-state index in [0.29, 0.717) is 29.4 Å². The van der Waals surface area contributed by atoms with Crippen LogP contribution in [0, 0.1) is 0 Å². The summed E-state index contributed by atoms with van der Waals surface area (Å²) in [5, 5.41) is 0.352. The summed E-state index contributed by atoms with van der Waals surface area (Å²) in [5.41, 5.74) is 0.603. The summed E-state index contributed by atoms with van der Waals surface area (Å²) in [5.74, 6) is 0.224. The number of carbonyl (C=O) groups excluding carboxylic acids is 1. The van der Waals surface area contributed by atoms with Gasteiger partial charge in [-0.2, -0.15) is 4.31 Å². The molecule has 26 heavy (non-hydrogen) atoms. The fourth-order valence-electron chi connectivity index (χ4n) is 2.84. The lowest BCUT2D eigenvalue weighted by atomic mass is 10.2. The minimum atomic E-state index is -3.67. The van der Waals surface area contributed by atoms with Gasteiger partial charge in [-0.3, -0.25) is 4.79 Å². The van der Waals surface area contributed by atoms with E-state index < -0.39 is 10.0 Å². The van der Waals surface area contributed by atoms with Gasteiger partial charge in [-0.15, -0.1) is 0 Å². The average Bonchev–Trinajstić information content (AvgIpc) is 2.68. The predicted octanol–water partition coefficient (Wildman–Crippen LogP) is 2.50. The van der Waals surface area contributed by atoms with Gasteiger partial charge in [-0.25, -0.2) is 8.42 Å². The highest BCUT2D eigenvalue weighted by Crippen LogP contribution is 2.29. The molecule has 2 aromatic rings. The fourth-order valence-corrected chi connectivity index (χ4v) is 4.48. The largest absolute Gasteiger partial charge is 0.495 e. The fraction of sp³-hybridized carbons (Fsp3) is 0.278. The summed E-state index contributed by atoms with van der Waals surface area (Å²) in [7, 11) is -2.23. The molecular formula is C18H19ClN2O4S. The molecule has 3 rings (SSSR count). The monoisotopic (exact) mass is 394 g/mol. The van der Waals surface area contributed by atoms with E-state index in [2.05, 4.69) is 0 Å². The maximum Gasteiger partial charge on any atom is 0.253 e. The number of halogens is 1.